The van der Waals surface area contributed by atoms with Crippen LogP contribution in [0.1, 0.15) is 25.0 Å². The molecule has 1 unspecified atom stereocenters. The molecule has 36 heavy (non-hydrogen) atoms. The minimum Gasteiger partial charge on any atom is -0.354 e. The Hall–Kier alpha value is -3.85. The number of nitrogens with one attached hydrogen (secondary N) is 2. The number of urea groups is 1. The van der Waals surface area contributed by atoms with Gasteiger partial charge in [0.2, 0.25) is 0 Å². The lowest BCUT2D eigenvalue weighted by atomic mass is 10.0. The van der Waals surface area contributed by atoms with Gasteiger partial charge in [-0.05, 0) is 55.6 Å². The Kier molecular flexibility index (Phi) is 5.16. The van der Waals surface area contributed by atoms with Crippen molar-refractivity contribution in [1.82, 2.24) is 34.1 Å². The van der Waals surface area contributed by atoms with Crippen molar-refractivity contribution in [3.05, 3.63) is 60.8 Å². The maximum absolute atomic E-state index is 13.2. The quantitative estimate of drug-likeness (QED) is 0.462. The molecule has 0 saturated carbocycles. The molecule has 0 aliphatic carbocycles. The Morgan fingerprint density at radius 3 is 2.94 bits per heavy atom. The molecule has 0 spiro atoms. The van der Waals surface area contributed by atoms with Crippen LogP contribution in [-0.4, -0.2) is 85.4 Å². The predicted molar refractivity (Wildman–Crippen MR) is 140 cm³/mol. The highest BCUT2D eigenvalue weighted by Gasteiger charge is 2.34. The highest BCUT2D eigenvalue weighted by molar-refractivity contribution is 5.94. The van der Waals surface area contributed by atoms with Crippen LogP contribution in [0.5, 0.6) is 0 Å². The normalized spacial score (nSPS) is 20.7. The summed E-state index contributed by atoms with van der Waals surface area (Å²) in [4.78, 5) is 32.2. The summed E-state index contributed by atoms with van der Waals surface area (Å²) in [6.45, 7) is 5.33. The Morgan fingerprint density at radius 1 is 1.06 bits per heavy atom. The van der Waals surface area contributed by atoms with Gasteiger partial charge in [-0.1, -0.05) is 6.08 Å². The number of hydrogen-bond donors (Lipinski definition) is 2. The lowest BCUT2D eigenvalue weighted by Crippen LogP contribution is -2.55. The molecule has 4 aromatic heterocycles. The van der Waals surface area contributed by atoms with E-state index in [1.807, 2.05) is 46.1 Å². The first kappa shape index (κ1) is 21.4. The van der Waals surface area contributed by atoms with Crippen molar-refractivity contribution < 1.29 is 4.79 Å². The fourth-order valence-electron chi connectivity index (χ4n) is 5.91. The van der Waals surface area contributed by atoms with Crippen molar-refractivity contribution in [2.45, 2.75) is 25.3 Å². The summed E-state index contributed by atoms with van der Waals surface area (Å²) in [5, 5.41) is 4.58. The molecular weight excluding hydrogens is 452 g/mol. The van der Waals surface area contributed by atoms with Gasteiger partial charge in [0.1, 0.15) is 11.3 Å². The second kappa shape index (κ2) is 8.67. The maximum Gasteiger partial charge on any atom is 0.320 e. The number of anilines is 2. The van der Waals surface area contributed by atoms with E-state index in [4.69, 9.17) is 0 Å². The fourth-order valence-corrected chi connectivity index (χ4v) is 5.91. The van der Waals surface area contributed by atoms with Crippen molar-refractivity contribution >= 4 is 39.7 Å². The summed E-state index contributed by atoms with van der Waals surface area (Å²) in [7, 11) is 0. The Morgan fingerprint density at radius 2 is 2.03 bits per heavy atom. The largest absolute Gasteiger partial charge is 0.354 e. The van der Waals surface area contributed by atoms with Gasteiger partial charge < -0.3 is 24.5 Å². The zero-order valence-corrected chi connectivity index (χ0v) is 20.2. The first-order chi connectivity index (χ1) is 17.7. The smallest absolute Gasteiger partial charge is 0.320 e. The highest BCUT2D eigenvalue weighted by Crippen LogP contribution is 2.31. The van der Waals surface area contributed by atoms with Gasteiger partial charge in [0.05, 0.1) is 11.4 Å². The molecule has 0 bridgehead atoms. The van der Waals surface area contributed by atoms with Gasteiger partial charge in [-0.2, -0.15) is 0 Å². The minimum absolute atomic E-state index is 0.191. The van der Waals surface area contributed by atoms with E-state index in [2.05, 4.69) is 42.2 Å². The zero-order chi connectivity index (χ0) is 24.1. The van der Waals surface area contributed by atoms with E-state index in [-0.39, 0.29) is 6.03 Å². The average Bonchev–Trinajstić information content (AvgIpc) is 3.67. The molecule has 3 aliphatic heterocycles. The van der Waals surface area contributed by atoms with Crippen LogP contribution in [0.2, 0.25) is 0 Å². The number of imidazole rings is 1. The molecule has 7 rings (SSSR count). The van der Waals surface area contributed by atoms with Crippen LogP contribution < -0.4 is 5.32 Å². The summed E-state index contributed by atoms with van der Waals surface area (Å²) in [5.74, 6) is 0. The monoisotopic (exact) mass is 482 g/mol. The van der Waals surface area contributed by atoms with E-state index in [1.54, 1.807) is 6.20 Å². The van der Waals surface area contributed by atoms with Gasteiger partial charge in [0.15, 0.2) is 0 Å². The third-order valence-electron chi connectivity index (χ3n) is 7.88. The Balaban J connectivity index is 1.07. The number of fused-ring (bicyclic) bond motifs is 3. The summed E-state index contributed by atoms with van der Waals surface area (Å²) in [6, 6.07) is 8.94. The molecule has 3 aliphatic rings. The fraction of sp³-hybridized carbons (Fsp3) is 0.370. The van der Waals surface area contributed by atoms with Crippen LogP contribution in [0.3, 0.4) is 0 Å². The number of aromatic nitrogens is 4. The third-order valence-corrected chi connectivity index (χ3v) is 7.88. The molecule has 4 aromatic rings. The standard InChI is InChI=1S/C27H30N8O/c36-27(35-15-14-32-10-1-2-21(32)18-35)33-11-6-19(7-12-33)24-16-22-23(5-8-29-26(22)31-24)30-20-3-4-25-28-9-13-34(25)17-20/h3-6,8-9,13,16-17,21H,1-2,7,10-12,14-15,18H2,(H2,29,30,31). The Bertz CT molecular complexity index is 1470. The first-order valence-electron chi connectivity index (χ1n) is 12.9. The van der Waals surface area contributed by atoms with E-state index in [0.717, 1.165) is 66.3 Å². The summed E-state index contributed by atoms with van der Waals surface area (Å²) >= 11 is 0. The molecule has 2 saturated heterocycles. The number of rotatable bonds is 3. The summed E-state index contributed by atoms with van der Waals surface area (Å²) in [5.41, 5.74) is 6.07. The van der Waals surface area contributed by atoms with Crippen LogP contribution in [0, 0.1) is 0 Å². The number of pyridine rings is 2. The molecule has 0 radical (unpaired) electrons. The topological polar surface area (TPSA) is 84.8 Å². The SMILES string of the molecule is O=C(N1CC=C(c2cc3c(Nc4ccc5nccn5c4)ccnc3[nH]2)CC1)N1CCN2CCCC2C1. The molecule has 184 valence electrons. The van der Waals surface area contributed by atoms with E-state index >= 15 is 0 Å². The number of hydrogen-bond acceptors (Lipinski definition) is 5. The number of carbonyl (C=O) groups is 1. The van der Waals surface area contributed by atoms with Crippen LogP contribution in [-0.2, 0) is 0 Å². The number of nitrogens with zero attached hydrogens (tertiary/aromatic N) is 6. The van der Waals surface area contributed by atoms with Crippen LogP contribution in [0.15, 0.2) is 55.1 Å². The molecule has 9 heteroatoms. The number of aromatic amines is 1. The minimum atomic E-state index is 0.191. The summed E-state index contributed by atoms with van der Waals surface area (Å²) < 4.78 is 2.00. The van der Waals surface area contributed by atoms with Crippen LogP contribution in [0.25, 0.3) is 22.3 Å². The van der Waals surface area contributed by atoms with E-state index in [1.165, 1.54) is 25.0 Å². The van der Waals surface area contributed by atoms with E-state index < -0.39 is 0 Å². The predicted octanol–water partition coefficient (Wildman–Crippen LogP) is 3.94. The van der Waals surface area contributed by atoms with Crippen molar-refractivity contribution in [1.29, 1.82) is 0 Å². The van der Waals surface area contributed by atoms with Gasteiger partial charge in [-0.15, -0.1) is 0 Å². The van der Waals surface area contributed by atoms with E-state index in [9.17, 15) is 4.79 Å². The van der Waals surface area contributed by atoms with Crippen molar-refractivity contribution in [3.63, 3.8) is 0 Å². The number of piperazine rings is 1. The van der Waals surface area contributed by atoms with Crippen LogP contribution >= 0.6 is 0 Å². The lowest BCUT2D eigenvalue weighted by molar-refractivity contribution is 0.0975. The number of H-pyrrole nitrogens is 1. The molecule has 2 N–H and O–H groups in total. The van der Waals surface area contributed by atoms with Crippen molar-refractivity contribution in [3.8, 4) is 0 Å². The lowest BCUT2D eigenvalue weighted by Gasteiger charge is -2.40. The summed E-state index contributed by atoms with van der Waals surface area (Å²) in [6.07, 6.45) is 13.1. The molecule has 1 atom stereocenters. The first-order valence-corrected chi connectivity index (χ1v) is 12.9. The zero-order valence-electron chi connectivity index (χ0n) is 20.2. The van der Waals surface area contributed by atoms with Gasteiger partial charge in [-0.25, -0.2) is 14.8 Å². The Labute approximate surface area is 209 Å². The highest BCUT2D eigenvalue weighted by atomic mass is 16.2. The molecular formula is C27H30N8O. The van der Waals surface area contributed by atoms with Gasteiger partial charge in [0.25, 0.3) is 0 Å². The van der Waals surface area contributed by atoms with Crippen molar-refractivity contribution in [2.24, 2.45) is 0 Å². The third kappa shape index (κ3) is 3.80. The molecule has 2 amide bonds. The molecule has 7 heterocycles. The second-order valence-corrected chi connectivity index (χ2v) is 10.0. The molecule has 9 nitrogen and oxygen atoms in total. The molecule has 2 fully saturated rings. The van der Waals surface area contributed by atoms with Crippen LogP contribution in [0.4, 0.5) is 16.2 Å². The maximum atomic E-state index is 13.2. The molecule has 0 aromatic carbocycles. The number of carbonyl (C=O) groups excluding carboxylic acids is 1. The van der Waals surface area contributed by atoms with Crippen molar-refractivity contribution in [2.75, 3.05) is 44.6 Å². The second-order valence-electron chi connectivity index (χ2n) is 10.0. The van der Waals surface area contributed by atoms with Gasteiger partial charge in [-0.3, -0.25) is 4.90 Å². The van der Waals surface area contributed by atoms with E-state index in [0.29, 0.717) is 12.6 Å². The number of amides is 2. The average molecular weight is 483 g/mol. The van der Waals surface area contributed by atoms with Gasteiger partial charge >= 0.3 is 6.03 Å². The van der Waals surface area contributed by atoms with Gasteiger partial charge in [0, 0.05) is 74.6 Å².